The first-order chi connectivity index (χ1) is 9.77. The first-order valence-corrected chi connectivity index (χ1v) is 6.99. The molecule has 0 fully saturated rings. The average Bonchev–Trinajstić information content (AvgIpc) is 2.40. The van der Waals surface area contributed by atoms with Gasteiger partial charge in [0, 0.05) is 22.3 Å². The number of hydrogen-bond donors (Lipinski definition) is 1. The molecule has 112 valence electrons. The summed E-state index contributed by atoms with van der Waals surface area (Å²) in [6, 6.07) is 7.85. The first-order valence-electron chi connectivity index (χ1n) is 5.82. The third-order valence-corrected chi connectivity index (χ3v) is 3.59. The van der Waals surface area contributed by atoms with Crippen molar-refractivity contribution in [3.05, 3.63) is 62.8 Å². The van der Waals surface area contributed by atoms with Crippen molar-refractivity contribution in [2.75, 3.05) is 5.32 Å². The van der Waals surface area contributed by atoms with Gasteiger partial charge in [-0.1, -0.05) is 27.5 Å². The fraction of sp³-hybridized carbons (Fsp3) is 0.143. The molecule has 0 bridgehead atoms. The van der Waals surface area contributed by atoms with Gasteiger partial charge in [-0.25, -0.2) is 4.39 Å². The van der Waals surface area contributed by atoms with E-state index in [1.807, 2.05) is 0 Å². The zero-order chi connectivity index (χ0) is 15.6. The Bertz CT molecular complexity index is 658. The molecule has 2 aromatic rings. The van der Waals surface area contributed by atoms with Crippen LogP contribution in [0.15, 0.2) is 40.9 Å². The molecule has 0 aliphatic heterocycles. The van der Waals surface area contributed by atoms with Crippen LogP contribution in [-0.4, -0.2) is 0 Å². The highest BCUT2D eigenvalue weighted by Crippen LogP contribution is 2.36. The number of benzene rings is 2. The molecule has 0 unspecified atom stereocenters. The summed E-state index contributed by atoms with van der Waals surface area (Å²) < 4.78 is 52.4. The summed E-state index contributed by atoms with van der Waals surface area (Å²) in [6.45, 7) is 0.0597. The van der Waals surface area contributed by atoms with Crippen LogP contribution < -0.4 is 5.32 Å². The van der Waals surface area contributed by atoms with Crippen LogP contribution in [0.3, 0.4) is 0 Å². The Kier molecular flexibility index (Phi) is 4.78. The minimum absolute atomic E-state index is 0.0597. The topological polar surface area (TPSA) is 12.0 Å². The van der Waals surface area contributed by atoms with Gasteiger partial charge in [0.15, 0.2) is 0 Å². The number of hydrogen-bond acceptors (Lipinski definition) is 1. The van der Waals surface area contributed by atoms with E-state index in [1.54, 1.807) is 12.1 Å². The molecule has 0 saturated heterocycles. The second-order valence-electron chi connectivity index (χ2n) is 4.28. The van der Waals surface area contributed by atoms with Gasteiger partial charge in [-0.3, -0.25) is 0 Å². The molecule has 0 heterocycles. The summed E-state index contributed by atoms with van der Waals surface area (Å²) in [5.41, 5.74) is -0.372. The van der Waals surface area contributed by atoms with Gasteiger partial charge in [0.2, 0.25) is 0 Å². The third kappa shape index (κ3) is 4.11. The zero-order valence-corrected chi connectivity index (χ0v) is 12.8. The van der Waals surface area contributed by atoms with Crippen molar-refractivity contribution in [1.82, 2.24) is 0 Å². The summed E-state index contributed by atoms with van der Waals surface area (Å²) in [5.74, 6) is -0.435. The number of rotatable bonds is 3. The smallest absolute Gasteiger partial charge is 0.381 e. The van der Waals surface area contributed by atoms with Gasteiger partial charge in [-0.05, 0) is 36.4 Å². The predicted molar refractivity (Wildman–Crippen MR) is 77.9 cm³/mol. The summed E-state index contributed by atoms with van der Waals surface area (Å²) in [7, 11) is 0. The van der Waals surface area contributed by atoms with Gasteiger partial charge in [0.25, 0.3) is 0 Å². The molecule has 7 heteroatoms. The quantitative estimate of drug-likeness (QED) is 0.654. The van der Waals surface area contributed by atoms with Gasteiger partial charge < -0.3 is 5.32 Å². The molecule has 2 rings (SSSR count). The largest absolute Gasteiger partial charge is 0.417 e. The van der Waals surface area contributed by atoms with E-state index in [0.717, 1.165) is 12.1 Å². The van der Waals surface area contributed by atoms with Crippen LogP contribution in [0.5, 0.6) is 0 Å². The second kappa shape index (κ2) is 6.23. The van der Waals surface area contributed by atoms with Crippen molar-refractivity contribution in [1.29, 1.82) is 0 Å². The molecule has 1 nitrogen and oxygen atoms in total. The van der Waals surface area contributed by atoms with Crippen LogP contribution in [0.1, 0.15) is 11.1 Å². The minimum Gasteiger partial charge on any atom is -0.381 e. The van der Waals surface area contributed by atoms with Crippen molar-refractivity contribution in [2.45, 2.75) is 12.7 Å². The summed E-state index contributed by atoms with van der Waals surface area (Å²) in [5, 5.41) is 2.38. The highest BCUT2D eigenvalue weighted by atomic mass is 79.9. The highest BCUT2D eigenvalue weighted by Gasteiger charge is 2.33. The number of halogens is 6. The van der Waals surface area contributed by atoms with E-state index in [4.69, 9.17) is 11.6 Å². The molecule has 0 saturated carbocycles. The van der Waals surface area contributed by atoms with Crippen molar-refractivity contribution in [2.24, 2.45) is 0 Å². The van der Waals surface area contributed by atoms with Crippen LogP contribution in [0.2, 0.25) is 5.02 Å². The van der Waals surface area contributed by atoms with Crippen molar-refractivity contribution < 1.29 is 17.6 Å². The van der Waals surface area contributed by atoms with Gasteiger partial charge in [0.1, 0.15) is 5.82 Å². The fourth-order valence-electron chi connectivity index (χ4n) is 1.73. The zero-order valence-electron chi connectivity index (χ0n) is 10.4. The van der Waals surface area contributed by atoms with Crippen molar-refractivity contribution in [3.63, 3.8) is 0 Å². The maximum Gasteiger partial charge on any atom is 0.417 e. The van der Waals surface area contributed by atoms with Gasteiger partial charge in [0.05, 0.1) is 10.6 Å². The lowest BCUT2D eigenvalue weighted by Gasteiger charge is -2.13. The molecular weight excluding hydrogens is 374 g/mol. The van der Waals surface area contributed by atoms with Crippen LogP contribution >= 0.6 is 27.5 Å². The van der Waals surface area contributed by atoms with E-state index in [0.29, 0.717) is 10.0 Å². The summed E-state index contributed by atoms with van der Waals surface area (Å²) in [6.07, 6.45) is -4.53. The molecule has 0 spiro atoms. The Morgan fingerprint density at radius 3 is 2.48 bits per heavy atom. The Labute approximate surface area is 132 Å². The number of anilines is 1. The first kappa shape index (κ1) is 16.1. The van der Waals surface area contributed by atoms with Gasteiger partial charge >= 0.3 is 6.18 Å². The standard InChI is InChI=1S/C14H9BrClF4N/c15-9-1-4-13(17)8(5-9)7-21-10-2-3-12(16)11(6-10)14(18,19)20/h1-6,21H,7H2. The summed E-state index contributed by atoms with van der Waals surface area (Å²) in [4.78, 5) is 0. The Morgan fingerprint density at radius 2 is 1.81 bits per heavy atom. The van der Waals surface area contributed by atoms with E-state index >= 15 is 0 Å². The predicted octanol–water partition coefficient (Wildman–Crippen LogP) is 5.87. The number of nitrogens with one attached hydrogen (secondary N) is 1. The molecule has 2 aromatic carbocycles. The minimum atomic E-state index is -4.53. The van der Waals surface area contributed by atoms with Crippen molar-refractivity contribution in [3.8, 4) is 0 Å². The molecule has 1 N–H and O–H groups in total. The van der Waals surface area contributed by atoms with E-state index in [2.05, 4.69) is 21.2 Å². The van der Waals surface area contributed by atoms with E-state index in [1.165, 1.54) is 12.1 Å². The fourth-order valence-corrected chi connectivity index (χ4v) is 2.36. The molecule has 0 aliphatic rings. The second-order valence-corrected chi connectivity index (χ2v) is 5.60. The Morgan fingerprint density at radius 1 is 1.10 bits per heavy atom. The maximum absolute atomic E-state index is 13.5. The third-order valence-electron chi connectivity index (χ3n) is 2.76. The SMILES string of the molecule is Fc1ccc(Br)cc1CNc1ccc(Cl)c(C(F)(F)F)c1. The molecule has 21 heavy (non-hydrogen) atoms. The van der Waals surface area contributed by atoms with E-state index in [9.17, 15) is 17.6 Å². The highest BCUT2D eigenvalue weighted by molar-refractivity contribution is 9.10. The van der Waals surface area contributed by atoms with Crippen LogP contribution in [0, 0.1) is 5.82 Å². The lowest BCUT2D eigenvalue weighted by molar-refractivity contribution is -0.137. The lowest BCUT2D eigenvalue weighted by Crippen LogP contribution is -2.08. The number of alkyl halides is 3. The van der Waals surface area contributed by atoms with Gasteiger partial charge in [-0.15, -0.1) is 0 Å². The maximum atomic E-state index is 13.5. The normalized spacial score (nSPS) is 11.5. The van der Waals surface area contributed by atoms with Crippen LogP contribution in [0.25, 0.3) is 0 Å². The molecule has 0 atom stereocenters. The molecule has 0 aliphatic carbocycles. The Balaban J connectivity index is 2.19. The van der Waals surface area contributed by atoms with Crippen molar-refractivity contribution >= 4 is 33.2 Å². The van der Waals surface area contributed by atoms with Crippen LogP contribution in [-0.2, 0) is 12.7 Å². The Hall–Kier alpha value is -1.27. The molecule has 0 amide bonds. The molecule has 0 radical (unpaired) electrons. The average molecular weight is 383 g/mol. The summed E-state index contributed by atoms with van der Waals surface area (Å²) >= 11 is 8.74. The molecule has 0 aromatic heterocycles. The van der Waals surface area contributed by atoms with Crippen LogP contribution in [0.4, 0.5) is 23.2 Å². The lowest BCUT2D eigenvalue weighted by atomic mass is 10.1. The van der Waals surface area contributed by atoms with E-state index < -0.39 is 17.6 Å². The van der Waals surface area contributed by atoms with E-state index in [-0.39, 0.29) is 17.3 Å². The molecular formula is C14H9BrClF4N. The monoisotopic (exact) mass is 381 g/mol. The van der Waals surface area contributed by atoms with Gasteiger partial charge in [-0.2, -0.15) is 13.2 Å².